The van der Waals surface area contributed by atoms with Crippen LogP contribution in [-0.2, 0) is 13.6 Å². The van der Waals surface area contributed by atoms with E-state index in [9.17, 15) is 9.67 Å². The van der Waals surface area contributed by atoms with Gasteiger partial charge in [-0.3, -0.25) is 4.57 Å². The van der Waals surface area contributed by atoms with Gasteiger partial charge in [-0.1, -0.05) is 60.7 Å². The van der Waals surface area contributed by atoms with E-state index in [1.807, 2.05) is 48.5 Å². The van der Waals surface area contributed by atoms with Gasteiger partial charge < -0.3 is 14.2 Å². The van der Waals surface area contributed by atoms with Gasteiger partial charge in [0.05, 0.1) is 18.5 Å². The molecule has 2 rings (SSSR count). The van der Waals surface area contributed by atoms with Crippen molar-refractivity contribution in [3.05, 3.63) is 77.1 Å². The lowest BCUT2D eigenvalue weighted by molar-refractivity contribution is 0.193. The first-order chi connectivity index (χ1) is 11.6. The fraction of sp³-hybridized carbons (Fsp3) is 0.263. The lowest BCUT2D eigenvalue weighted by atomic mass is 10.1. The van der Waals surface area contributed by atoms with Crippen LogP contribution in [0, 0.1) is 0 Å². The number of hydrogen-bond acceptors (Lipinski definition) is 4. The normalized spacial score (nSPS) is 13.7. The van der Waals surface area contributed by atoms with E-state index in [-0.39, 0.29) is 18.5 Å². The molecule has 4 nitrogen and oxygen atoms in total. The van der Waals surface area contributed by atoms with E-state index in [0.29, 0.717) is 5.56 Å². The fourth-order valence-corrected chi connectivity index (χ4v) is 4.17. The van der Waals surface area contributed by atoms with Crippen molar-refractivity contribution < 1.29 is 18.7 Å². The summed E-state index contributed by atoms with van der Waals surface area (Å²) in [5, 5.41) is 11.1. The standard InChI is InChI=1S/C19H23O4P/c1-3-22-24(21,23-4-2)18(15-16-11-7-5-8-12-16)19(20)17-13-9-6-10-14-17/h5-15,19-20H,3-4H2,1-2H3/b18-15-. The monoisotopic (exact) mass is 346 g/mol. The van der Waals surface area contributed by atoms with Crippen LogP contribution in [0.5, 0.6) is 0 Å². The van der Waals surface area contributed by atoms with Gasteiger partial charge in [0, 0.05) is 0 Å². The van der Waals surface area contributed by atoms with E-state index < -0.39 is 13.7 Å². The largest absolute Gasteiger partial charge is 0.383 e. The van der Waals surface area contributed by atoms with E-state index in [0.717, 1.165) is 5.56 Å². The van der Waals surface area contributed by atoms with Crippen LogP contribution in [0.4, 0.5) is 0 Å². The Morgan fingerprint density at radius 1 is 1.00 bits per heavy atom. The molecule has 2 aromatic carbocycles. The Labute approximate surface area is 143 Å². The van der Waals surface area contributed by atoms with Gasteiger partial charge in [-0.05, 0) is 31.1 Å². The zero-order chi connectivity index (χ0) is 17.4. The quantitative estimate of drug-likeness (QED) is 0.681. The summed E-state index contributed by atoms with van der Waals surface area (Å²) < 4.78 is 24.2. The molecule has 0 saturated heterocycles. The molecule has 1 atom stereocenters. The number of benzene rings is 2. The van der Waals surface area contributed by atoms with Crippen LogP contribution < -0.4 is 0 Å². The molecule has 2 aromatic rings. The molecule has 0 amide bonds. The van der Waals surface area contributed by atoms with Gasteiger partial charge in [0.25, 0.3) is 0 Å². The van der Waals surface area contributed by atoms with Crippen molar-refractivity contribution in [2.24, 2.45) is 0 Å². The zero-order valence-electron chi connectivity index (χ0n) is 14.0. The van der Waals surface area contributed by atoms with Crippen molar-refractivity contribution in [1.29, 1.82) is 0 Å². The molecule has 0 heterocycles. The van der Waals surface area contributed by atoms with Crippen LogP contribution in [0.1, 0.15) is 31.1 Å². The first-order valence-electron chi connectivity index (χ1n) is 8.00. The highest BCUT2D eigenvalue weighted by Crippen LogP contribution is 2.60. The second-order valence-electron chi connectivity index (χ2n) is 5.13. The summed E-state index contributed by atoms with van der Waals surface area (Å²) in [6, 6.07) is 18.5. The van der Waals surface area contributed by atoms with Crippen LogP contribution in [0.25, 0.3) is 6.08 Å². The number of aliphatic hydroxyl groups excluding tert-OH is 1. The molecule has 0 saturated carbocycles. The Hall–Kier alpha value is -1.71. The Balaban J connectivity index is 2.52. The second-order valence-corrected chi connectivity index (χ2v) is 7.15. The van der Waals surface area contributed by atoms with Gasteiger partial charge in [0.2, 0.25) is 0 Å². The van der Waals surface area contributed by atoms with Crippen LogP contribution in [0.2, 0.25) is 0 Å². The summed E-state index contributed by atoms with van der Waals surface area (Å²) in [5.41, 5.74) is 1.46. The molecule has 24 heavy (non-hydrogen) atoms. The summed E-state index contributed by atoms with van der Waals surface area (Å²) in [7, 11) is -3.61. The second kappa shape index (κ2) is 8.95. The summed E-state index contributed by atoms with van der Waals surface area (Å²) in [6.07, 6.45) is 0.611. The Morgan fingerprint density at radius 3 is 2.00 bits per heavy atom. The Morgan fingerprint density at radius 2 is 1.50 bits per heavy atom. The van der Waals surface area contributed by atoms with Crippen LogP contribution in [-0.4, -0.2) is 18.3 Å². The van der Waals surface area contributed by atoms with Gasteiger partial charge in [0.1, 0.15) is 6.10 Å². The predicted molar refractivity (Wildman–Crippen MR) is 96.7 cm³/mol. The topological polar surface area (TPSA) is 55.8 Å². The lowest BCUT2D eigenvalue weighted by Gasteiger charge is -2.24. The van der Waals surface area contributed by atoms with Crippen molar-refractivity contribution in [3.63, 3.8) is 0 Å². The minimum absolute atomic E-state index is 0.227. The third kappa shape index (κ3) is 4.65. The summed E-state index contributed by atoms with van der Waals surface area (Å²) in [6.45, 7) is 3.96. The Kier molecular flexibility index (Phi) is 6.95. The lowest BCUT2D eigenvalue weighted by Crippen LogP contribution is -2.07. The number of aliphatic hydroxyl groups is 1. The fourth-order valence-electron chi connectivity index (χ4n) is 2.36. The molecule has 0 bridgehead atoms. The smallest absolute Gasteiger partial charge is 0.360 e. The van der Waals surface area contributed by atoms with E-state index in [4.69, 9.17) is 9.05 Å². The van der Waals surface area contributed by atoms with Crippen molar-refractivity contribution in [2.75, 3.05) is 13.2 Å². The van der Waals surface area contributed by atoms with E-state index >= 15 is 0 Å². The molecule has 5 heteroatoms. The van der Waals surface area contributed by atoms with Crippen LogP contribution in [0.3, 0.4) is 0 Å². The summed E-state index contributed by atoms with van der Waals surface area (Å²) in [5.74, 6) is 0. The number of rotatable bonds is 8. The molecule has 0 aliphatic heterocycles. The molecule has 0 aliphatic rings. The molecule has 1 N–H and O–H groups in total. The number of hydrogen-bond donors (Lipinski definition) is 1. The summed E-state index contributed by atoms with van der Waals surface area (Å²) >= 11 is 0. The van der Waals surface area contributed by atoms with Crippen molar-refractivity contribution >= 4 is 13.7 Å². The van der Waals surface area contributed by atoms with Crippen LogP contribution in [0.15, 0.2) is 66.0 Å². The molecule has 0 spiro atoms. The third-order valence-electron chi connectivity index (χ3n) is 3.42. The highest BCUT2D eigenvalue weighted by Gasteiger charge is 2.35. The molecular formula is C19H23O4P. The average Bonchev–Trinajstić information content (AvgIpc) is 2.61. The maximum Gasteiger partial charge on any atom is 0.360 e. The highest BCUT2D eigenvalue weighted by molar-refractivity contribution is 7.58. The first kappa shape index (κ1) is 18.6. The summed E-state index contributed by atoms with van der Waals surface area (Å²) in [4.78, 5) is 0. The van der Waals surface area contributed by atoms with E-state index in [2.05, 4.69) is 0 Å². The molecule has 0 aliphatic carbocycles. The SMILES string of the molecule is CCOP(=O)(OCC)/C(=C\c1ccccc1)C(O)c1ccccc1. The average molecular weight is 346 g/mol. The van der Waals surface area contributed by atoms with Crippen molar-refractivity contribution in [2.45, 2.75) is 20.0 Å². The van der Waals surface area contributed by atoms with E-state index in [1.54, 1.807) is 32.1 Å². The van der Waals surface area contributed by atoms with Gasteiger partial charge in [-0.15, -0.1) is 0 Å². The van der Waals surface area contributed by atoms with Crippen molar-refractivity contribution in [3.8, 4) is 0 Å². The zero-order valence-corrected chi connectivity index (χ0v) is 14.9. The molecule has 1 unspecified atom stereocenters. The predicted octanol–water partition coefficient (Wildman–Crippen LogP) is 5.03. The van der Waals surface area contributed by atoms with Gasteiger partial charge in [-0.2, -0.15) is 0 Å². The minimum atomic E-state index is -3.61. The molecule has 0 radical (unpaired) electrons. The van der Waals surface area contributed by atoms with Crippen LogP contribution >= 0.6 is 7.60 Å². The Bertz CT molecular complexity index is 688. The maximum atomic E-state index is 13.3. The first-order valence-corrected chi connectivity index (χ1v) is 9.54. The molecule has 128 valence electrons. The van der Waals surface area contributed by atoms with Gasteiger partial charge in [-0.25, -0.2) is 0 Å². The van der Waals surface area contributed by atoms with Crippen molar-refractivity contribution in [1.82, 2.24) is 0 Å². The third-order valence-corrected chi connectivity index (χ3v) is 5.63. The van der Waals surface area contributed by atoms with Gasteiger partial charge >= 0.3 is 7.60 Å². The maximum absolute atomic E-state index is 13.3. The highest BCUT2D eigenvalue weighted by atomic mass is 31.2. The van der Waals surface area contributed by atoms with E-state index in [1.165, 1.54) is 0 Å². The molecule has 0 fully saturated rings. The molecule has 0 aromatic heterocycles. The molecular weight excluding hydrogens is 323 g/mol. The van der Waals surface area contributed by atoms with Gasteiger partial charge in [0.15, 0.2) is 0 Å². The minimum Gasteiger partial charge on any atom is -0.383 e.